The van der Waals surface area contributed by atoms with Crippen LogP contribution >= 0.6 is 0 Å². The van der Waals surface area contributed by atoms with Crippen molar-refractivity contribution in [3.8, 4) is 0 Å². The second-order valence-electron chi connectivity index (χ2n) is 5.79. The van der Waals surface area contributed by atoms with Crippen LogP contribution < -0.4 is 11.1 Å². The van der Waals surface area contributed by atoms with Gasteiger partial charge in [-0.3, -0.25) is 4.79 Å². The molecule has 0 bridgehead atoms. The van der Waals surface area contributed by atoms with Crippen LogP contribution in [0.15, 0.2) is 0 Å². The molecule has 4 heteroatoms. The highest BCUT2D eigenvalue weighted by atomic mass is 16.2. The van der Waals surface area contributed by atoms with Gasteiger partial charge in [-0.15, -0.1) is 0 Å². The first-order valence-corrected chi connectivity index (χ1v) is 7.49. The van der Waals surface area contributed by atoms with E-state index in [1.807, 2.05) is 0 Å². The van der Waals surface area contributed by atoms with E-state index in [2.05, 4.69) is 10.2 Å². The molecule has 1 aliphatic carbocycles. The van der Waals surface area contributed by atoms with E-state index in [9.17, 15) is 4.79 Å². The van der Waals surface area contributed by atoms with Crippen LogP contribution in [-0.2, 0) is 4.79 Å². The van der Waals surface area contributed by atoms with Gasteiger partial charge < -0.3 is 16.0 Å². The van der Waals surface area contributed by atoms with Crippen LogP contribution in [0.4, 0.5) is 0 Å². The third kappa shape index (κ3) is 3.04. The minimum Gasteiger partial charge on any atom is -0.341 e. The second kappa shape index (κ2) is 6.53. The van der Waals surface area contributed by atoms with Gasteiger partial charge in [0.15, 0.2) is 0 Å². The van der Waals surface area contributed by atoms with E-state index in [1.165, 1.54) is 12.8 Å². The lowest BCUT2D eigenvalue weighted by Gasteiger charge is -2.35. The normalized spacial score (nSPS) is 25.3. The summed E-state index contributed by atoms with van der Waals surface area (Å²) in [4.78, 5) is 14.9. The van der Waals surface area contributed by atoms with E-state index in [-0.39, 0.29) is 5.41 Å². The maximum atomic E-state index is 12.8. The molecule has 3 N–H and O–H groups in total. The van der Waals surface area contributed by atoms with Crippen molar-refractivity contribution < 1.29 is 4.79 Å². The molecule has 2 aliphatic rings. The van der Waals surface area contributed by atoms with Crippen molar-refractivity contribution in [1.29, 1.82) is 0 Å². The molecular weight excluding hydrogens is 226 g/mol. The molecule has 4 nitrogen and oxygen atoms in total. The van der Waals surface area contributed by atoms with Crippen LogP contribution in [0.25, 0.3) is 0 Å². The van der Waals surface area contributed by atoms with Crippen LogP contribution in [0.5, 0.6) is 0 Å². The molecule has 0 unspecified atom stereocenters. The second-order valence-corrected chi connectivity index (χ2v) is 5.79. The molecule has 1 saturated heterocycles. The Morgan fingerprint density at radius 1 is 1.06 bits per heavy atom. The van der Waals surface area contributed by atoms with Gasteiger partial charge in [-0.25, -0.2) is 0 Å². The Morgan fingerprint density at radius 3 is 2.44 bits per heavy atom. The molecule has 1 saturated carbocycles. The Balaban J connectivity index is 2.06. The summed E-state index contributed by atoms with van der Waals surface area (Å²) in [5.74, 6) is 0.329. The number of nitrogens with zero attached hydrogens (tertiary/aromatic N) is 1. The third-order valence-corrected chi connectivity index (χ3v) is 4.53. The largest absolute Gasteiger partial charge is 0.341 e. The van der Waals surface area contributed by atoms with Gasteiger partial charge in [-0.05, 0) is 25.8 Å². The van der Waals surface area contributed by atoms with E-state index in [0.717, 1.165) is 58.3 Å². The van der Waals surface area contributed by atoms with Gasteiger partial charge in [0, 0.05) is 26.2 Å². The highest BCUT2D eigenvalue weighted by Crippen LogP contribution is 2.36. The van der Waals surface area contributed by atoms with E-state index >= 15 is 0 Å². The zero-order valence-corrected chi connectivity index (χ0v) is 11.4. The van der Waals surface area contributed by atoms with Crippen LogP contribution in [0, 0.1) is 5.41 Å². The van der Waals surface area contributed by atoms with Crippen molar-refractivity contribution in [1.82, 2.24) is 10.2 Å². The number of hydrogen-bond donors (Lipinski definition) is 2. The summed E-state index contributed by atoms with van der Waals surface area (Å²) in [5.41, 5.74) is 5.74. The van der Waals surface area contributed by atoms with Gasteiger partial charge in [0.2, 0.25) is 5.91 Å². The summed E-state index contributed by atoms with van der Waals surface area (Å²) < 4.78 is 0. The zero-order valence-electron chi connectivity index (χ0n) is 11.4. The van der Waals surface area contributed by atoms with Crippen LogP contribution in [0.3, 0.4) is 0 Å². The third-order valence-electron chi connectivity index (χ3n) is 4.53. The Hall–Kier alpha value is -0.610. The highest BCUT2D eigenvalue weighted by molar-refractivity contribution is 5.83. The number of hydrogen-bond acceptors (Lipinski definition) is 3. The molecule has 1 heterocycles. The molecule has 18 heavy (non-hydrogen) atoms. The van der Waals surface area contributed by atoms with Crippen molar-refractivity contribution in [2.45, 2.75) is 44.9 Å². The molecule has 2 rings (SSSR count). The van der Waals surface area contributed by atoms with Gasteiger partial charge in [0.05, 0.1) is 5.41 Å². The summed E-state index contributed by atoms with van der Waals surface area (Å²) in [5, 5.41) is 3.35. The Bertz CT molecular complexity index is 264. The van der Waals surface area contributed by atoms with Crippen LogP contribution in [-0.4, -0.2) is 43.5 Å². The van der Waals surface area contributed by atoms with E-state index in [1.54, 1.807) is 0 Å². The fourth-order valence-electron chi connectivity index (χ4n) is 3.29. The summed E-state index contributed by atoms with van der Waals surface area (Å²) >= 11 is 0. The summed E-state index contributed by atoms with van der Waals surface area (Å²) in [6.45, 7) is 4.22. The van der Waals surface area contributed by atoms with Crippen molar-refractivity contribution in [2.75, 3.05) is 32.7 Å². The first-order chi connectivity index (χ1) is 8.78. The molecule has 0 aromatic rings. The predicted octanol–water partition coefficient (Wildman–Crippen LogP) is 1.11. The standard InChI is InChI=1S/C14H27N3O/c15-12-14(6-3-1-2-4-7-14)13(18)17-10-5-8-16-9-11-17/h16H,1-12,15H2. The number of rotatable bonds is 2. The quantitative estimate of drug-likeness (QED) is 0.725. The van der Waals surface area contributed by atoms with Crippen molar-refractivity contribution in [3.05, 3.63) is 0 Å². The van der Waals surface area contributed by atoms with Gasteiger partial charge in [0.25, 0.3) is 0 Å². The lowest BCUT2D eigenvalue weighted by molar-refractivity contribution is -0.142. The molecule has 0 aromatic carbocycles. The Labute approximate surface area is 110 Å². The molecule has 0 aromatic heterocycles. The topological polar surface area (TPSA) is 58.4 Å². The number of carbonyl (C=O) groups excluding carboxylic acids is 1. The minimum absolute atomic E-state index is 0.249. The molecule has 104 valence electrons. The van der Waals surface area contributed by atoms with Gasteiger partial charge in [-0.1, -0.05) is 25.7 Å². The average molecular weight is 253 g/mol. The van der Waals surface area contributed by atoms with E-state index in [0.29, 0.717) is 12.5 Å². The SMILES string of the molecule is NCC1(C(=O)N2CCCNCC2)CCCCCC1. The van der Waals surface area contributed by atoms with Crippen molar-refractivity contribution >= 4 is 5.91 Å². The van der Waals surface area contributed by atoms with Gasteiger partial charge in [-0.2, -0.15) is 0 Å². The lowest BCUT2D eigenvalue weighted by Crippen LogP contribution is -2.49. The maximum absolute atomic E-state index is 12.8. The maximum Gasteiger partial charge on any atom is 0.230 e. The zero-order chi connectivity index (χ0) is 12.8. The van der Waals surface area contributed by atoms with E-state index < -0.39 is 0 Å². The minimum atomic E-state index is -0.249. The monoisotopic (exact) mass is 253 g/mol. The smallest absolute Gasteiger partial charge is 0.230 e. The predicted molar refractivity (Wildman–Crippen MR) is 73.3 cm³/mol. The Kier molecular flexibility index (Phi) is 5.01. The average Bonchev–Trinajstić information content (AvgIpc) is 2.81. The van der Waals surface area contributed by atoms with E-state index in [4.69, 9.17) is 5.73 Å². The summed E-state index contributed by atoms with van der Waals surface area (Å²) in [6.07, 6.45) is 7.89. The lowest BCUT2D eigenvalue weighted by atomic mass is 9.79. The number of amides is 1. The molecule has 1 aliphatic heterocycles. The summed E-state index contributed by atoms with van der Waals surface area (Å²) in [7, 11) is 0. The number of nitrogens with two attached hydrogens (primary N) is 1. The van der Waals surface area contributed by atoms with Crippen LogP contribution in [0.1, 0.15) is 44.9 Å². The molecule has 0 spiro atoms. The van der Waals surface area contributed by atoms with Crippen LogP contribution in [0.2, 0.25) is 0 Å². The van der Waals surface area contributed by atoms with Crippen molar-refractivity contribution in [3.63, 3.8) is 0 Å². The molecule has 2 fully saturated rings. The summed E-state index contributed by atoms with van der Waals surface area (Å²) in [6, 6.07) is 0. The Morgan fingerprint density at radius 2 is 1.78 bits per heavy atom. The molecule has 0 radical (unpaired) electrons. The molecular formula is C14H27N3O. The molecule has 1 amide bonds. The molecule has 0 atom stereocenters. The first-order valence-electron chi connectivity index (χ1n) is 7.49. The number of nitrogens with one attached hydrogen (secondary N) is 1. The first kappa shape index (κ1) is 13.8. The highest BCUT2D eigenvalue weighted by Gasteiger charge is 2.39. The fourth-order valence-corrected chi connectivity index (χ4v) is 3.29. The van der Waals surface area contributed by atoms with Crippen molar-refractivity contribution in [2.24, 2.45) is 11.1 Å². The van der Waals surface area contributed by atoms with Gasteiger partial charge in [0.1, 0.15) is 0 Å². The fraction of sp³-hybridized carbons (Fsp3) is 0.929. The number of carbonyl (C=O) groups is 1. The van der Waals surface area contributed by atoms with Gasteiger partial charge >= 0.3 is 0 Å².